The van der Waals surface area contributed by atoms with Crippen LogP contribution in [-0.2, 0) is 10.8 Å². The maximum Gasteiger partial charge on any atom is 0.238 e. The van der Waals surface area contributed by atoms with Gasteiger partial charge in [0.2, 0.25) is 5.95 Å². The van der Waals surface area contributed by atoms with Gasteiger partial charge in [0.1, 0.15) is 0 Å². The molecule has 11 aromatic carbocycles. The molecule has 78 heavy (non-hydrogen) atoms. The predicted octanol–water partition coefficient (Wildman–Crippen LogP) is 17.7. The van der Waals surface area contributed by atoms with E-state index in [0.29, 0.717) is 17.6 Å². The van der Waals surface area contributed by atoms with Crippen LogP contribution in [0.5, 0.6) is 0 Å². The minimum absolute atomic E-state index is 0.125. The van der Waals surface area contributed by atoms with E-state index in [4.69, 9.17) is 15.0 Å². The molecule has 1 spiro atoms. The van der Waals surface area contributed by atoms with Gasteiger partial charge in [-0.2, -0.15) is 9.97 Å². The fourth-order valence-corrected chi connectivity index (χ4v) is 14.2. The zero-order valence-electron chi connectivity index (χ0n) is 42.9. The topological polar surface area (TPSA) is 48.5 Å². The fraction of sp³-hybridized carbons (Fsp3) is 0.0548. The molecule has 364 valence electrons. The first-order valence-corrected chi connectivity index (χ1v) is 27.0. The highest BCUT2D eigenvalue weighted by Crippen LogP contribution is 2.64. The Balaban J connectivity index is 0.954. The molecule has 0 amide bonds. The number of hydrogen-bond donors (Lipinski definition) is 0. The summed E-state index contributed by atoms with van der Waals surface area (Å²) in [7, 11) is 0. The number of para-hydroxylation sites is 1. The standard InChI is InChI=1S/C73H47N5/c1-72(2)58-30-16-12-28-51(58)54-42-57-56-41-47(34-38-64(56)77(66(57)43-63(54)72)48-24-10-5-11-25-48)46-35-39-65-55(40-46)52-36-37-62-67(53-29-15-19-33-61(53)73(62)59-31-17-13-26-49(59)50-27-14-18-32-60(50)73)68(52)78(65)71-75-69(44-20-6-3-7-21-44)74-70(76-71)45-22-8-4-9-23-45/h3-43H,1-2H3. The Morgan fingerprint density at radius 3 is 1.38 bits per heavy atom. The summed E-state index contributed by atoms with van der Waals surface area (Å²) in [6, 6.07) is 91.3. The first-order chi connectivity index (χ1) is 38.4. The number of benzene rings is 11. The molecule has 0 N–H and O–H groups in total. The largest absolute Gasteiger partial charge is 0.309 e. The Labute approximate surface area is 451 Å². The number of aromatic nitrogens is 5. The van der Waals surface area contributed by atoms with Gasteiger partial charge in [-0.25, -0.2) is 4.98 Å². The number of hydrogen-bond acceptors (Lipinski definition) is 3. The summed E-state index contributed by atoms with van der Waals surface area (Å²) < 4.78 is 4.80. The van der Waals surface area contributed by atoms with E-state index in [2.05, 4.69) is 235 Å². The smallest absolute Gasteiger partial charge is 0.238 e. The van der Waals surface area contributed by atoms with Crippen LogP contribution in [0.15, 0.2) is 249 Å². The number of nitrogens with zero attached hydrogens (tertiary/aromatic N) is 5. The van der Waals surface area contributed by atoms with Gasteiger partial charge < -0.3 is 4.57 Å². The summed E-state index contributed by atoms with van der Waals surface area (Å²) in [5.41, 5.74) is 24.7. The molecular weight excluding hydrogens is 947 g/mol. The molecule has 3 aliphatic carbocycles. The first kappa shape index (κ1) is 43.3. The Bertz CT molecular complexity index is 4770. The summed E-state index contributed by atoms with van der Waals surface area (Å²) in [6.45, 7) is 4.74. The van der Waals surface area contributed by atoms with Crippen LogP contribution in [-0.4, -0.2) is 24.1 Å². The van der Waals surface area contributed by atoms with Gasteiger partial charge in [-0.05, 0) is 121 Å². The summed E-state index contributed by atoms with van der Waals surface area (Å²) >= 11 is 0. The lowest BCUT2D eigenvalue weighted by molar-refractivity contribution is 0.661. The van der Waals surface area contributed by atoms with Crippen molar-refractivity contribution in [1.82, 2.24) is 24.1 Å². The van der Waals surface area contributed by atoms with Crippen molar-refractivity contribution in [2.45, 2.75) is 24.7 Å². The molecular formula is C73H47N5. The molecule has 5 heteroatoms. The number of fused-ring (bicyclic) bond motifs is 20. The second-order valence-electron chi connectivity index (χ2n) is 21.8. The minimum Gasteiger partial charge on any atom is -0.309 e. The summed E-state index contributed by atoms with van der Waals surface area (Å²) in [4.78, 5) is 16.1. The Hall–Kier alpha value is -9.97. The Morgan fingerprint density at radius 1 is 0.308 bits per heavy atom. The van der Waals surface area contributed by atoms with Crippen LogP contribution in [0.4, 0.5) is 0 Å². The van der Waals surface area contributed by atoms with Crippen molar-refractivity contribution >= 4 is 43.6 Å². The molecule has 0 bridgehead atoms. The molecule has 0 radical (unpaired) electrons. The van der Waals surface area contributed by atoms with Crippen LogP contribution < -0.4 is 0 Å². The molecule has 0 saturated carbocycles. The number of rotatable bonds is 5. The van der Waals surface area contributed by atoms with E-state index in [-0.39, 0.29) is 5.41 Å². The van der Waals surface area contributed by atoms with Crippen molar-refractivity contribution in [2.24, 2.45) is 0 Å². The van der Waals surface area contributed by atoms with Crippen LogP contribution in [0, 0.1) is 0 Å². The maximum absolute atomic E-state index is 5.47. The highest BCUT2D eigenvalue weighted by atomic mass is 15.2. The molecule has 0 fully saturated rings. The third-order valence-electron chi connectivity index (χ3n) is 17.6. The SMILES string of the molecule is CC1(C)c2ccccc2-c2cc3c4cc(-c5ccc6c(c5)c5ccc7c(c5n6-c5nc(-c6ccccc6)nc(-c6ccccc6)n5)-c5ccccc5C75c6ccccc6-c6ccccc65)ccc4n(-c4ccccc4)c3cc21. The first-order valence-electron chi connectivity index (χ1n) is 27.0. The molecule has 3 aliphatic rings. The highest BCUT2D eigenvalue weighted by Gasteiger charge is 2.52. The average molecular weight is 994 g/mol. The predicted molar refractivity (Wildman–Crippen MR) is 319 cm³/mol. The van der Waals surface area contributed by atoms with Gasteiger partial charge >= 0.3 is 0 Å². The zero-order chi connectivity index (χ0) is 51.4. The third kappa shape index (κ3) is 5.72. The van der Waals surface area contributed by atoms with Gasteiger partial charge in [0.25, 0.3) is 0 Å². The monoisotopic (exact) mass is 993 g/mol. The minimum atomic E-state index is -0.532. The van der Waals surface area contributed by atoms with Crippen LogP contribution in [0.3, 0.4) is 0 Å². The van der Waals surface area contributed by atoms with E-state index in [9.17, 15) is 0 Å². The van der Waals surface area contributed by atoms with Gasteiger partial charge in [0, 0.05) is 49.3 Å². The van der Waals surface area contributed by atoms with Gasteiger partial charge in [-0.3, -0.25) is 4.57 Å². The summed E-state index contributed by atoms with van der Waals surface area (Å²) in [6.07, 6.45) is 0. The second-order valence-corrected chi connectivity index (χ2v) is 21.8. The molecule has 14 aromatic rings. The van der Waals surface area contributed by atoms with Crippen LogP contribution in [0.1, 0.15) is 47.2 Å². The molecule has 0 atom stereocenters. The van der Waals surface area contributed by atoms with Gasteiger partial charge in [0.05, 0.1) is 27.5 Å². The van der Waals surface area contributed by atoms with E-state index >= 15 is 0 Å². The zero-order valence-corrected chi connectivity index (χ0v) is 42.9. The van der Waals surface area contributed by atoms with Crippen LogP contribution in [0.25, 0.3) is 123 Å². The second kappa shape index (κ2) is 15.8. The Morgan fingerprint density at radius 2 is 0.782 bits per heavy atom. The van der Waals surface area contributed by atoms with Crippen LogP contribution >= 0.6 is 0 Å². The van der Waals surface area contributed by atoms with E-state index in [1.807, 2.05) is 36.4 Å². The molecule has 5 nitrogen and oxygen atoms in total. The van der Waals surface area contributed by atoms with E-state index in [1.54, 1.807) is 0 Å². The Kier molecular flexibility index (Phi) is 8.77. The van der Waals surface area contributed by atoms with E-state index in [0.717, 1.165) is 49.7 Å². The lowest BCUT2D eigenvalue weighted by Crippen LogP contribution is -2.25. The molecule has 17 rings (SSSR count). The van der Waals surface area contributed by atoms with E-state index in [1.165, 1.54) is 88.6 Å². The summed E-state index contributed by atoms with van der Waals surface area (Å²) in [5, 5.41) is 4.74. The van der Waals surface area contributed by atoms with Gasteiger partial charge in [-0.1, -0.05) is 214 Å². The lowest BCUT2D eigenvalue weighted by atomic mass is 9.70. The van der Waals surface area contributed by atoms with Gasteiger partial charge in [-0.15, -0.1) is 0 Å². The van der Waals surface area contributed by atoms with Crippen molar-refractivity contribution < 1.29 is 0 Å². The van der Waals surface area contributed by atoms with E-state index < -0.39 is 5.41 Å². The van der Waals surface area contributed by atoms with Crippen LogP contribution in [0.2, 0.25) is 0 Å². The lowest BCUT2D eigenvalue weighted by Gasteiger charge is -2.30. The molecule has 3 heterocycles. The fourth-order valence-electron chi connectivity index (χ4n) is 14.2. The third-order valence-corrected chi connectivity index (χ3v) is 17.6. The highest BCUT2D eigenvalue weighted by molar-refractivity contribution is 6.18. The quantitative estimate of drug-likeness (QED) is 0.173. The summed E-state index contributed by atoms with van der Waals surface area (Å²) in [5.74, 6) is 1.81. The van der Waals surface area contributed by atoms with Crippen molar-refractivity contribution in [3.05, 3.63) is 282 Å². The maximum atomic E-state index is 5.47. The molecule has 3 aromatic heterocycles. The van der Waals surface area contributed by atoms with Crippen molar-refractivity contribution in [3.63, 3.8) is 0 Å². The van der Waals surface area contributed by atoms with Gasteiger partial charge in [0.15, 0.2) is 11.6 Å². The van der Waals surface area contributed by atoms with Crippen molar-refractivity contribution in [2.75, 3.05) is 0 Å². The molecule has 0 unspecified atom stereocenters. The molecule has 0 aliphatic heterocycles. The normalized spacial score (nSPS) is 14.0. The van der Waals surface area contributed by atoms with Crippen molar-refractivity contribution in [3.8, 4) is 78.9 Å². The van der Waals surface area contributed by atoms with Crippen molar-refractivity contribution in [1.29, 1.82) is 0 Å². The molecule has 0 saturated heterocycles. The average Bonchev–Trinajstić information content (AvgIpc) is 3.04.